The van der Waals surface area contributed by atoms with E-state index in [1.807, 2.05) is 36.0 Å². The molecule has 84 valence electrons. The van der Waals surface area contributed by atoms with E-state index < -0.39 is 0 Å². The SMILES string of the molecule is COc1ccc(Br)cc1Cn1ccc(C)n1. The molecule has 1 aromatic carbocycles. The average molecular weight is 281 g/mol. The van der Waals surface area contributed by atoms with Crippen molar-refractivity contribution in [1.82, 2.24) is 9.78 Å². The van der Waals surface area contributed by atoms with Crippen molar-refractivity contribution in [3.05, 3.63) is 46.2 Å². The molecule has 0 saturated heterocycles. The molecule has 0 amide bonds. The summed E-state index contributed by atoms with van der Waals surface area (Å²) in [5.74, 6) is 0.886. The summed E-state index contributed by atoms with van der Waals surface area (Å²) in [6, 6.07) is 7.97. The Labute approximate surface area is 103 Å². The van der Waals surface area contributed by atoms with Crippen molar-refractivity contribution in [3.63, 3.8) is 0 Å². The standard InChI is InChI=1S/C12H13BrN2O/c1-9-5-6-15(14-9)8-10-7-11(13)3-4-12(10)16-2/h3-7H,8H2,1-2H3. The van der Waals surface area contributed by atoms with Crippen molar-refractivity contribution in [2.45, 2.75) is 13.5 Å². The minimum Gasteiger partial charge on any atom is -0.496 e. The van der Waals surface area contributed by atoms with Gasteiger partial charge in [0.1, 0.15) is 5.75 Å². The quantitative estimate of drug-likeness (QED) is 0.864. The van der Waals surface area contributed by atoms with Crippen LogP contribution in [-0.4, -0.2) is 16.9 Å². The Hall–Kier alpha value is -1.29. The Kier molecular flexibility index (Phi) is 3.29. The second-order valence-corrected chi connectivity index (χ2v) is 4.53. The van der Waals surface area contributed by atoms with E-state index in [1.165, 1.54) is 0 Å². The summed E-state index contributed by atoms with van der Waals surface area (Å²) in [6.45, 7) is 2.70. The first-order valence-electron chi connectivity index (χ1n) is 5.01. The number of aromatic nitrogens is 2. The van der Waals surface area contributed by atoms with Gasteiger partial charge in [-0.3, -0.25) is 4.68 Å². The molecule has 0 aliphatic heterocycles. The van der Waals surface area contributed by atoms with E-state index in [1.54, 1.807) is 7.11 Å². The van der Waals surface area contributed by atoms with Gasteiger partial charge in [0.15, 0.2) is 0 Å². The van der Waals surface area contributed by atoms with Gasteiger partial charge in [-0.2, -0.15) is 5.10 Å². The van der Waals surface area contributed by atoms with Crippen LogP contribution in [-0.2, 0) is 6.54 Å². The predicted octanol–water partition coefficient (Wildman–Crippen LogP) is 3.01. The van der Waals surface area contributed by atoms with Gasteiger partial charge in [0.25, 0.3) is 0 Å². The maximum Gasteiger partial charge on any atom is 0.124 e. The third kappa shape index (κ3) is 2.44. The highest BCUT2D eigenvalue weighted by atomic mass is 79.9. The Morgan fingerprint density at radius 1 is 1.38 bits per heavy atom. The molecule has 0 unspecified atom stereocenters. The molecule has 1 heterocycles. The van der Waals surface area contributed by atoms with Crippen LogP contribution in [0.5, 0.6) is 5.75 Å². The van der Waals surface area contributed by atoms with Crippen molar-refractivity contribution in [1.29, 1.82) is 0 Å². The second-order valence-electron chi connectivity index (χ2n) is 3.61. The lowest BCUT2D eigenvalue weighted by Gasteiger charge is -2.09. The number of aryl methyl sites for hydroxylation is 1. The first-order chi connectivity index (χ1) is 7.69. The molecule has 2 rings (SSSR count). The Morgan fingerprint density at radius 2 is 2.19 bits per heavy atom. The molecule has 0 N–H and O–H groups in total. The summed E-state index contributed by atoms with van der Waals surface area (Å²) in [7, 11) is 1.68. The van der Waals surface area contributed by atoms with E-state index in [2.05, 4.69) is 27.1 Å². The number of methoxy groups -OCH3 is 1. The van der Waals surface area contributed by atoms with Gasteiger partial charge >= 0.3 is 0 Å². The normalized spacial score (nSPS) is 10.4. The average Bonchev–Trinajstić information content (AvgIpc) is 2.64. The van der Waals surface area contributed by atoms with Crippen LogP contribution in [0.3, 0.4) is 0 Å². The maximum atomic E-state index is 5.32. The first kappa shape index (κ1) is 11.2. The fourth-order valence-corrected chi connectivity index (χ4v) is 2.00. The minimum absolute atomic E-state index is 0.719. The molecule has 0 aliphatic rings. The third-order valence-corrected chi connectivity index (χ3v) is 2.84. The highest BCUT2D eigenvalue weighted by Crippen LogP contribution is 2.23. The molecule has 0 fully saturated rings. The van der Waals surface area contributed by atoms with E-state index in [0.717, 1.165) is 28.0 Å². The summed E-state index contributed by atoms with van der Waals surface area (Å²) in [4.78, 5) is 0. The Morgan fingerprint density at radius 3 is 2.81 bits per heavy atom. The summed E-state index contributed by atoms with van der Waals surface area (Å²) in [5, 5.41) is 4.36. The zero-order valence-corrected chi connectivity index (χ0v) is 10.9. The highest BCUT2D eigenvalue weighted by Gasteiger charge is 2.05. The number of hydrogen-bond donors (Lipinski definition) is 0. The number of nitrogens with zero attached hydrogens (tertiary/aromatic N) is 2. The summed E-state index contributed by atoms with van der Waals surface area (Å²) < 4.78 is 8.27. The molecular weight excluding hydrogens is 268 g/mol. The number of hydrogen-bond acceptors (Lipinski definition) is 2. The summed E-state index contributed by atoms with van der Waals surface area (Å²) in [6.07, 6.45) is 1.97. The van der Waals surface area contributed by atoms with Crippen molar-refractivity contribution >= 4 is 15.9 Å². The van der Waals surface area contributed by atoms with Gasteiger partial charge in [0.2, 0.25) is 0 Å². The molecule has 1 aromatic heterocycles. The number of rotatable bonds is 3. The highest BCUT2D eigenvalue weighted by molar-refractivity contribution is 9.10. The predicted molar refractivity (Wildman–Crippen MR) is 66.8 cm³/mol. The van der Waals surface area contributed by atoms with Gasteiger partial charge in [-0.1, -0.05) is 15.9 Å². The lowest BCUT2D eigenvalue weighted by molar-refractivity contribution is 0.407. The van der Waals surface area contributed by atoms with Gasteiger partial charge in [0, 0.05) is 16.2 Å². The summed E-state index contributed by atoms with van der Waals surface area (Å²) in [5.41, 5.74) is 2.13. The van der Waals surface area contributed by atoms with E-state index in [9.17, 15) is 0 Å². The third-order valence-electron chi connectivity index (χ3n) is 2.35. The Bertz CT molecular complexity index is 494. The van der Waals surface area contributed by atoms with Crippen LogP contribution in [0.2, 0.25) is 0 Å². The summed E-state index contributed by atoms with van der Waals surface area (Å²) >= 11 is 3.46. The van der Waals surface area contributed by atoms with Gasteiger partial charge in [-0.05, 0) is 31.2 Å². The molecule has 0 atom stereocenters. The van der Waals surface area contributed by atoms with Gasteiger partial charge in [-0.25, -0.2) is 0 Å². The molecule has 0 spiro atoms. The van der Waals surface area contributed by atoms with Crippen molar-refractivity contribution in [2.75, 3.05) is 7.11 Å². The van der Waals surface area contributed by atoms with Crippen LogP contribution < -0.4 is 4.74 Å². The second kappa shape index (κ2) is 4.70. The van der Waals surface area contributed by atoms with Crippen LogP contribution in [0.25, 0.3) is 0 Å². The van der Waals surface area contributed by atoms with Crippen molar-refractivity contribution in [3.8, 4) is 5.75 Å². The fourth-order valence-electron chi connectivity index (χ4n) is 1.60. The lowest BCUT2D eigenvalue weighted by atomic mass is 10.2. The van der Waals surface area contributed by atoms with E-state index in [4.69, 9.17) is 4.74 Å². The first-order valence-corrected chi connectivity index (χ1v) is 5.81. The molecule has 2 aromatic rings. The monoisotopic (exact) mass is 280 g/mol. The fraction of sp³-hybridized carbons (Fsp3) is 0.250. The Balaban J connectivity index is 2.29. The number of ether oxygens (including phenoxy) is 1. The van der Waals surface area contributed by atoms with Crippen LogP contribution in [0, 0.1) is 6.92 Å². The topological polar surface area (TPSA) is 27.1 Å². The largest absolute Gasteiger partial charge is 0.496 e. The van der Waals surface area contributed by atoms with Crippen LogP contribution >= 0.6 is 15.9 Å². The number of benzene rings is 1. The molecule has 16 heavy (non-hydrogen) atoms. The number of halogens is 1. The van der Waals surface area contributed by atoms with Crippen molar-refractivity contribution in [2.24, 2.45) is 0 Å². The van der Waals surface area contributed by atoms with Gasteiger partial charge in [-0.15, -0.1) is 0 Å². The van der Waals surface area contributed by atoms with E-state index in [-0.39, 0.29) is 0 Å². The molecular formula is C12H13BrN2O. The maximum absolute atomic E-state index is 5.32. The zero-order chi connectivity index (χ0) is 11.5. The van der Waals surface area contributed by atoms with Crippen LogP contribution in [0.4, 0.5) is 0 Å². The molecule has 4 heteroatoms. The van der Waals surface area contributed by atoms with Gasteiger partial charge < -0.3 is 4.74 Å². The van der Waals surface area contributed by atoms with E-state index in [0.29, 0.717) is 0 Å². The van der Waals surface area contributed by atoms with Gasteiger partial charge in [0.05, 0.1) is 19.3 Å². The smallest absolute Gasteiger partial charge is 0.124 e. The van der Waals surface area contributed by atoms with Crippen molar-refractivity contribution < 1.29 is 4.74 Å². The van der Waals surface area contributed by atoms with Crippen LogP contribution in [0.15, 0.2) is 34.9 Å². The molecule has 0 radical (unpaired) electrons. The minimum atomic E-state index is 0.719. The molecule has 0 saturated carbocycles. The van der Waals surface area contributed by atoms with E-state index >= 15 is 0 Å². The molecule has 3 nitrogen and oxygen atoms in total. The van der Waals surface area contributed by atoms with Crippen LogP contribution in [0.1, 0.15) is 11.3 Å². The molecule has 0 bridgehead atoms. The zero-order valence-electron chi connectivity index (χ0n) is 9.27. The molecule has 0 aliphatic carbocycles. The lowest BCUT2D eigenvalue weighted by Crippen LogP contribution is -2.02.